The molecule has 0 spiro atoms. The SMILES string of the molecule is c1ccc(-c2ccccc2-c2ccccc2N(c2ccccc2-c2ccccc2)c2ccc(-c3cc4ccccc4c4ccccc34)c3oc4ccccc4c23)cc1. The lowest BCUT2D eigenvalue weighted by molar-refractivity contribution is 0.670. The Labute approximate surface area is 337 Å². The minimum Gasteiger partial charge on any atom is -0.455 e. The number of para-hydroxylation sites is 3. The molecule has 272 valence electrons. The molecule has 0 aliphatic heterocycles. The zero-order valence-corrected chi connectivity index (χ0v) is 31.7. The van der Waals surface area contributed by atoms with Gasteiger partial charge in [-0.1, -0.05) is 188 Å². The third kappa shape index (κ3) is 5.57. The van der Waals surface area contributed by atoms with Gasteiger partial charge in [0.1, 0.15) is 11.2 Å². The Morgan fingerprint density at radius 2 is 0.810 bits per heavy atom. The average Bonchev–Trinajstić information content (AvgIpc) is 3.70. The van der Waals surface area contributed by atoms with Crippen LogP contribution in [-0.2, 0) is 0 Å². The van der Waals surface area contributed by atoms with E-state index in [1.54, 1.807) is 0 Å². The monoisotopic (exact) mass is 739 g/mol. The molecule has 0 aliphatic rings. The van der Waals surface area contributed by atoms with E-state index in [0.29, 0.717) is 0 Å². The zero-order chi connectivity index (χ0) is 38.4. The number of hydrogen-bond acceptors (Lipinski definition) is 2. The van der Waals surface area contributed by atoms with E-state index in [4.69, 9.17) is 4.42 Å². The van der Waals surface area contributed by atoms with Crippen molar-refractivity contribution < 1.29 is 4.42 Å². The topological polar surface area (TPSA) is 16.4 Å². The van der Waals surface area contributed by atoms with Crippen LogP contribution in [0.3, 0.4) is 0 Å². The highest BCUT2D eigenvalue weighted by Gasteiger charge is 2.26. The van der Waals surface area contributed by atoms with E-state index in [-0.39, 0.29) is 0 Å². The molecule has 0 saturated carbocycles. The molecule has 0 atom stereocenters. The first kappa shape index (κ1) is 33.6. The molecule has 0 aliphatic carbocycles. The molecule has 0 radical (unpaired) electrons. The maximum absolute atomic E-state index is 7.04. The van der Waals surface area contributed by atoms with Crippen molar-refractivity contribution in [2.75, 3.05) is 4.90 Å². The van der Waals surface area contributed by atoms with Crippen molar-refractivity contribution in [3.05, 3.63) is 224 Å². The highest BCUT2D eigenvalue weighted by Crippen LogP contribution is 2.51. The summed E-state index contributed by atoms with van der Waals surface area (Å²) < 4.78 is 7.04. The van der Waals surface area contributed by atoms with Crippen LogP contribution >= 0.6 is 0 Å². The average molecular weight is 740 g/mol. The number of hydrogen-bond donors (Lipinski definition) is 0. The van der Waals surface area contributed by atoms with Gasteiger partial charge in [-0.25, -0.2) is 0 Å². The van der Waals surface area contributed by atoms with E-state index < -0.39 is 0 Å². The highest BCUT2D eigenvalue weighted by molar-refractivity contribution is 6.21. The predicted octanol–water partition coefficient (Wildman–Crippen LogP) is 16.0. The van der Waals surface area contributed by atoms with Gasteiger partial charge in [0.15, 0.2) is 0 Å². The molecule has 0 N–H and O–H groups in total. The number of anilines is 3. The normalized spacial score (nSPS) is 11.4. The second-order valence-electron chi connectivity index (χ2n) is 14.8. The Morgan fingerprint density at radius 1 is 0.293 bits per heavy atom. The van der Waals surface area contributed by atoms with Gasteiger partial charge in [-0.2, -0.15) is 0 Å². The summed E-state index contributed by atoms with van der Waals surface area (Å²) >= 11 is 0. The molecular weight excluding hydrogens is 703 g/mol. The summed E-state index contributed by atoms with van der Waals surface area (Å²) in [6.07, 6.45) is 0. The molecule has 10 aromatic carbocycles. The van der Waals surface area contributed by atoms with Crippen LogP contribution in [0.5, 0.6) is 0 Å². The summed E-state index contributed by atoms with van der Waals surface area (Å²) in [4.78, 5) is 2.46. The lowest BCUT2D eigenvalue weighted by atomic mass is 9.91. The Bertz CT molecular complexity index is 3290. The molecule has 1 heterocycles. The number of rotatable bonds is 7. The van der Waals surface area contributed by atoms with Crippen LogP contribution in [0.2, 0.25) is 0 Å². The van der Waals surface area contributed by atoms with Gasteiger partial charge in [0.25, 0.3) is 0 Å². The Hall–Kier alpha value is -7.68. The van der Waals surface area contributed by atoms with Gasteiger partial charge in [-0.3, -0.25) is 0 Å². The van der Waals surface area contributed by atoms with Crippen molar-refractivity contribution in [3.8, 4) is 44.5 Å². The molecule has 58 heavy (non-hydrogen) atoms. The summed E-state index contributed by atoms with van der Waals surface area (Å²) in [5, 5.41) is 7.02. The van der Waals surface area contributed by atoms with Crippen LogP contribution in [0.4, 0.5) is 17.1 Å². The third-order valence-corrected chi connectivity index (χ3v) is 11.5. The van der Waals surface area contributed by atoms with Crippen molar-refractivity contribution in [2.45, 2.75) is 0 Å². The molecule has 0 unspecified atom stereocenters. The molecule has 2 heteroatoms. The zero-order valence-electron chi connectivity index (χ0n) is 31.7. The lowest BCUT2D eigenvalue weighted by Crippen LogP contribution is -2.13. The number of furan rings is 1. The Morgan fingerprint density at radius 3 is 1.55 bits per heavy atom. The first-order valence-electron chi connectivity index (χ1n) is 19.9. The molecule has 2 nitrogen and oxygen atoms in total. The summed E-state index contributed by atoms with van der Waals surface area (Å²) in [5.74, 6) is 0. The largest absolute Gasteiger partial charge is 0.455 e. The van der Waals surface area contributed by atoms with Crippen LogP contribution in [0.25, 0.3) is 88.0 Å². The Balaban J connectivity index is 1.24. The molecular formula is C56H37NO. The fourth-order valence-electron chi connectivity index (χ4n) is 8.89. The molecule has 11 rings (SSSR count). The standard InChI is InChI=1S/C56H37NO/c1-3-19-38(20-4-1)41-24-9-10-28-45(41)47-30-14-17-33-52(47)57(51-32-16-13-26-43(51)39-21-5-2-6-22-39)53-36-35-48(56-55(53)49-31-15-18-34-54(49)58-56)50-37-40-23-7-8-25-42(40)44-27-11-12-29-46(44)50/h1-37H. The van der Waals surface area contributed by atoms with Gasteiger partial charge in [0, 0.05) is 22.1 Å². The highest BCUT2D eigenvalue weighted by atomic mass is 16.3. The van der Waals surface area contributed by atoms with Crippen molar-refractivity contribution >= 4 is 60.5 Å². The van der Waals surface area contributed by atoms with E-state index in [1.807, 2.05) is 0 Å². The third-order valence-electron chi connectivity index (χ3n) is 11.5. The maximum Gasteiger partial charge on any atom is 0.145 e. The number of fused-ring (bicyclic) bond motifs is 6. The summed E-state index contributed by atoms with van der Waals surface area (Å²) in [5.41, 5.74) is 14.1. The predicted molar refractivity (Wildman–Crippen MR) is 245 cm³/mol. The van der Waals surface area contributed by atoms with Crippen molar-refractivity contribution in [3.63, 3.8) is 0 Å². The van der Waals surface area contributed by atoms with Gasteiger partial charge in [-0.15, -0.1) is 0 Å². The minimum absolute atomic E-state index is 0.857. The first-order valence-corrected chi connectivity index (χ1v) is 19.9. The Kier molecular flexibility index (Phi) is 8.19. The maximum atomic E-state index is 7.04. The van der Waals surface area contributed by atoms with E-state index >= 15 is 0 Å². The fourth-order valence-corrected chi connectivity index (χ4v) is 8.89. The molecule has 11 aromatic rings. The molecule has 0 fully saturated rings. The van der Waals surface area contributed by atoms with E-state index in [0.717, 1.165) is 66.8 Å². The van der Waals surface area contributed by atoms with Crippen LogP contribution in [0.15, 0.2) is 229 Å². The van der Waals surface area contributed by atoms with Gasteiger partial charge in [0.2, 0.25) is 0 Å². The fraction of sp³-hybridized carbons (Fsp3) is 0. The summed E-state index contributed by atoms with van der Waals surface area (Å²) in [7, 11) is 0. The van der Waals surface area contributed by atoms with Gasteiger partial charge >= 0.3 is 0 Å². The molecule has 1 aromatic heterocycles. The number of benzene rings is 10. The quantitative estimate of drug-likeness (QED) is 0.151. The van der Waals surface area contributed by atoms with Gasteiger partial charge in [-0.05, 0) is 85.8 Å². The second kappa shape index (κ2) is 14.1. The number of nitrogens with zero attached hydrogens (tertiary/aromatic N) is 1. The molecule has 0 amide bonds. The summed E-state index contributed by atoms with van der Waals surface area (Å²) in [6.45, 7) is 0. The molecule has 0 bridgehead atoms. The lowest BCUT2D eigenvalue weighted by Gasteiger charge is -2.31. The van der Waals surface area contributed by atoms with Crippen molar-refractivity contribution in [2.24, 2.45) is 0 Å². The van der Waals surface area contributed by atoms with E-state index in [2.05, 4.69) is 229 Å². The van der Waals surface area contributed by atoms with E-state index in [9.17, 15) is 0 Å². The van der Waals surface area contributed by atoms with Crippen LogP contribution in [0, 0.1) is 0 Å². The first-order chi connectivity index (χ1) is 28.8. The van der Waals surface area contributed by atoms with Gasteiger partial charge < -0.3 is 9.32 Å². The van der Waals surface area contributed by atoms with Crippen LogP contribution < -0.4 is 4.90 Å². The second-order valence-corrected chi connectivity index (χ2v) is 14.8. The summed E-state index contributed by atoms with van der Waals surface area (Å²) in [6, 6.07) is 80.6. The smallest absolute Gasteiger partial charge is 0.145 e. The van der Waals surface area contributed by atoms with Crippen LogP contribution in [0.1, 0.15) is 0 Å². The van der Waals surface area contributed by atoms with Crippen molar-refractivity contribution in [1.82, 2.24) is 0 Å². The minimum atomic E-state index is 0.857. The van der Waals surface area contributed by atoms with E-state index in [1.165, 1.54) is 38.2 Å². The van der Waals surface area contributed by atoms with Crippen LogP contribution in [-0.4, -0.2) is 0 Å². The van der Waals surface area contributed by atoms with Gasteiger partial charge in [0.05, 0.1) is 22.4 Å². The molecule has 0 saturated heterocycles. The van der Waals surface area contributed by atoms with Crippen molar-refractivity contribution in [1.29, 1.82) is 0 Å².